The van der Waals surface area contributed by atoms with Crippen molar-refractivity contribution in [1.29, 1.82) is 0 Å². The minimum absolute atomic E-state index is 0.162. The van der Waals surface area contributed by atoms with Crippen LogP contribution in [0.2, 0.25) is 0 Å². The van der Waals surface area contributed by atoms with Gasteiger partial charge in [0.2, 0.25) is 5.91 Å². The highest BCUT2D eigenvalue weighted by molar-refractivity contribution is 5.85. The Morgan fingerprint density at radius 2 is 2.42 bits per heavy atom. The number of aliphatic carboxylic acids is 1. The van der Waals surface area contributed by atoms with Gasteiger partial charge in [0.1, 0.15) is 12.6 Å². The highest BCUT2D eigenvalue weighted by atomic mass is 16.5. The first-order valence-corrected chi connectivity index (χ1v) is 5.94. The van der Waals surface area contributed by atoms with Crippen molar-refractivity contribution in [2.75, 3.05) is 19.8 Å². The van der Waals surface area contributed by atoms with Crippen LogP contribution < -0.4 is 5.73 Å². The largest absolute Gasteiger partial charge is 0.480 e. The minimum Gasteiger partial charge on any atom is -0.480 e. The minimum atomic E-state index is -1.04. The first-order chi connectivity index (χ1) is 9.13. The summed E-state index contributed by atoms with van der Waals surface area (Å²) in [5.74, 6) is -1.40. The van der Waals surface area contributed by atoms with E-state index in [2.05, 4.69) is 9.97 Å². The smallest absolute Gasteiger partial charge is 0.326 e. The Kier molecular flexibility index (Phi) is 4.13. The molecular formula is C11H16N4O4. The molecule has 2 rings (SSSR count). The van der Waals surface area contributed by atoms with Crippen LogP contribution in [0.25, 0.3) is 0 Å². The Labute approximate surface area is 109 Å². The number of aromatic nitrogens is 2. The van der Waals surface area contributed by atoms with Crippen LogP contribution in [0.5, 0.6) is 0 Å². The number of aromatic amines is 1. The molecule has 0 bridgehead atoms. The lowest BCUT2D eigenvalue weighted by Crippen LogP contribution is -2.50. The van der Waals surface area contributed by atoms with Crippen molar-refractivity contribution in [1.82, 2.24) is 14.9 Å². The van der Waals surface area contributed by atoms with E-state index in [-0.39, 0.29) is 32.1 Å². The molecule has 0 saturated heterocycles. The lowest BCUT2D eigenvalue weighted by molar-refractivity contribution is -0.153. The number of ether oxygens (including phenoxy) is 1. The van der Waals surface area contributed by atoms with Crippen LogP contribution in [0.15, 0.2) is 6.33 Å². The molecule has 4 N–H and O–H groups in total. The van der Waals surface area contributed by atoms with E-state index in [1.54, 1.807) is 0 Å². The molecule has 19 heavy (non-hydrogen) atoms. The highest BCUT2D eigenvalue weighted by Gasteiger charge is 2.35. The summed E-state index contributed by atoms with van der Waals surface area (Å²) in [7, 11) is 0. The van der Waals surface area contributed by atoms with Crippen LogP contribution >= 0.6 is 0 Å². The number of carbonyl (C=O) groups is 2. The number of rotatable bonds is 5. The second kappa shape index (κ2) is 5.81. The van der Waals surface area contributed by atoms with Gasteiger partial charge in [-0.3, -0.25) is 4.79 Å². The van der Waals surface area contributed by atoms with Crippen molar-refractivity contribution >= 4 is 11.9 Å². The molecule has 1 atom stereocenters. The van der Waals surface area contributed by atoms with E-state index in [9.17, 15) is 14.7 Å². The summed E-state index contributed by atoms with van der Waals surface area (Å²) in [6.07, 6.45) is 1.71. The molecule has 1 aromatic heterocycles. The number of amides is 1. The maximum absolute atomic E-state index is 12.0. The molecule has 1 aliphatic rings. The summed E-state index contributed by atoms with van der Waals surface area (Å²) in [5, 5.41) is 9.20. The molecule has 0 fully saturated rings. The molecule has 2 heterocycles. The molecule has 1 aliphatic heterocycles. The number of hydrogen-bond acceptors (Lipinski definition) is 5. The first-order valence-electron chi connectivity index (χ1n) is 5.94. The Balaban J connectivity index is 2.09. The lowest BCUT2D eigenvalue weighted by Gasteiger charge is -2.32. The predicted molar refractivity (Wildman–Crippen MR) is 64.1 cm³/mol. The fourth-order valence-electron chi connectivity index (χ4n) is 2.04. The summed E-state index contributed by atoms with van der Waals surface area (Å²) in [5.41, 5.74) is 6.72. The quantitative estimate of drug-likeness (QED) is 0.572. The highest BCUT2D eigenvalue weighted by Crippen LogP contribution is 2.20. The fraction of sp³-hybridized carbons (Fsp3) is 0.545. The molecular weight excluding hydrogens is 252 g/mol. The van der Waals surface area contributed by atoms with E-state index in [1.807, 2.05) is 0 Å². The van der Waals surface area contributed by atoms with E-state index < -0.39 is 12.0 Å². The first kappa shape index (κ1) is 13.5. The van der Waals surface area contributed by atoms with E-state index >= 15 is 0 Å². The zero-order chi connectivity index (χ0) is 13.8. The molecule has 0 saturated carbocycles. The second-order valence-electron chi connectivity index (χ2n) is 4.25. The number of carboxylic acid groups (broad SMARTS) is 1. The van der Waals surface area contributed by atoms with Gasteiger partial charge in [-0.05, 0) is 0 Å². The topological polar surface area (TPSA) is 122 Å². The summed E-state index contributed by atoms with van der Waals surface area (Å²) in [6.45, 7) is 0.633. The zero-order valence-electron chi connectivity index (χ0n) is 10.3. The Hall–Kier alpha value is -1.93. The van der Waals surface area contributed by atoms with Crippen LogP contribution in [-0.2, 0) is 27.3 Å². The van der Waals surface area contributed by atoms with Crippen molar-refractivity contribution in [3.63, 3.8) is 0 Å². The molecule has 8 nitrogen and oxygen atoms in total. The van der Waals surface area contributed by atoms with Crippen LogP contribution in [0.3, 0.4) is 0 Å². The average Bonchev–Trinajstić information content (AvgIpc) is 2.84. The van der Waals surface area contributed by atoms with Gasteiger partial charge in [0, 0.05) is 13.0 Å². The van der Waals surface area contributed by atoms with Gasteiger partial charge in [-0.25, -0.2) is 9.78 Å². The number of fused-ring (bicyclic) bond motifs is 1. The predicted octanol–water partition coefficient (Wildman–Crippen LogP) is -1.28. The monoisotopic (exact) mass is 268 g/mol. The van der Waals surface area contributed by atoms with E-state index in [0.717, 1.165) is 5.69 Å². The van der Waals surface area contributed by atoms with Gasteiger partial charge in [-0.2, -0.15) is 0 Å². The number of imidazole rings is 1. The molecule has 0 aromatic carbocycles. The SMILES string of the molecule is NCCOCC(=O)N1Cc2[nH]cnc2CC1C(=O)O. The molecule has 0 spiro atoms. The van der Waals surface area contributed by atoms with Gasteiger partial charge in [0.25, 0.3) is 0 Å². The number of nitrogens with two attached hydrogens (primary N) is 1. The third-order valence-electron chi connectivity index (χ3n) is 2.99. The van der Waals surface area contributed by atoms with Crippen molar-refractivity contribution in [2.45, 2.75) is 19.0 Å². The van der Waals surface area contributed by atoms with Crippen molar-refractivity contribution < 1.29 is 19.4 Å². The van der Waals surface area contributed by atoms with E-state index in [0.29, 0.717) is 12.2 Å². The van der Waals surface area contributed by atoms with Crippen molar-refractivity contribution in [3.8, 4) is 0 Å². The number of hydrogen-bond donors (Lipinski definition) is 3. The van der Waals surface area contributed by atoms with Gasteiger partial charge in [-0.15, -0.1) is 0 Å². The number of nitrogens with one attached hydrogen (secondary N) is 1. The third-order valence-corrected chi connectivity index (χ3v) is 2.99. The number of carbonyl (C=O) groups excluding carboxylic acids is 1. The van der Waals surface area contributed by atoms with Crippen LogP contribution in [-0.4, -0.2) is 57.7 Å². The standard InChI is InChI=1S/C11H16N4O4/c12-1-2-19-5-10(16)15-4-8-7(13-6-14-8)3-9(15)11(17)18/h6,9H,1-5,12H2,(H,13,14)(H,17,18). The van der Waals surface area contributed by atoms with Crippen molar-refractivity contribution in [3.05, 3.63) is 17.7 Å². The normalized spacial score (nSPS) is 18.2. The molecule has 0 aliphatic carbocycles. The summed E-state index contributed by atoms with van der Waals surface area (Å²) in [4.78, 5) is 31.5. The van der Waals surface area contributed by atoms with Gasteiger partial charge < -0.3 is 25.5 Å². The number of nitrogens with zero attached hydrogens (tertiary/aromatic N) is 2. The molecule has 1 amide bonds. The zero-order valence-corrected chi connectivity index (χ0v) is 10.3. The number of H-pyrrole nitrogens is 1. The van der Waals surface area contributed by atoms with E-state index in [4.69, 9.17) is 10.5 Å². The van der Waals surface area contributed by atoms with Gasteiger partial charge in [0.15, 0.2) is 0 Å². The average molecular weight is 268 g/mol. The van der Waals surface area contributed by atoms with Crippen molar-refractivity contribution in [2.24, 2.45) is 5.73 Å². The van der Waals surface area contributed by atoms with Gasteiger partial charge >= 0.3 is 5.97 Å². The summed E-state index contributed by atoms with van der Waals surface area (Å²) < 4.78 is 5.06. The van der Waals surface area contributed by atoms with Crippen LogP contribution in [0.4, 0.5) is 0 Å². The van der Waals surface area contributed by atoms with Crippen LogP contribution in [0, 0.1) is 0 Å². The fourth-order valence-corrected chi connectivity index (χ4v) is 2.04. The second-order valence-corrected chi connectivity index (χ2v) is 4.25. The summed E-state index contributed by atoms with van der Waals surface area (Å²) >= 11 is 0. The Morgan fingerprint density at radius 3 is 3.11 bits per heavy atom. The maximum Gasteiger partial charge on any atom is 0.326 e. The van der Waals surface area contributed by atoms with Gasteiger partial charge in [-0.1, -0.05) is 0 Å². The molecule has 8 heteroatoms. The molecule has 1 unspecified atom stereocenters. The summed E-state index contributed by atoms with van der Waals surface area (Å²) in [6, 6.07) is -0.898. The third kappa shape index (κ3) is 2.91. The Morgan fingerprint density at radius 1 is 1.63 bits per heavy atom. The maximum atomic E-state index is 12.0. The molecule has 0 radical (unpaired) electrons. The lowest BCUT2D eigenvalue weighted by atomic mass is 10.0. The Bertz CT molecular complexity index is 473. The van der Waals surface area contributed by atoms with E-state index in [1.165, 1.54) is 11.2 Å². The van der Waals surface area contributed by atoms with Crippen LogP contribution in [0.1, 0.15) is 11.4 Å². The van der Waals surface area contributed by atoms with Gasteiger partial charge in [0.05, 0.1) is 30.9 Å². The molecule has 1 aromatic rings. The number of carboxylic acids is 1. The molecule has 104 valence electrons.